The molecule has 0 bridgehead atoms. The zero-order valence-corrected chi connectivity index (χ0v) is 17.6. The monoisotopic (exact) mass is 396 g/mol. The van der Waals surface area contributed by atoms with Gasteiger partial charge in [0.1, 0.15) is 5.75 Å². The Morgan fingerprint density at radius 3 is 2.79 bits per heavy atom. The van der Waals surface area contributed by atoms with Gasteiger partial charge in [-0.1, -0.05) is 17.8 Å². The van der Waals surface area contributed by atoms with E-state index in [-0.39, 0.29) is 5.91 Å². The average Bonchev–Trinajstić information content (AvgIpc) is 3.19. The predicted molar refractivity (Wildman–Crippen MR) is 111 cm³/mol. The van der Waals surface area contributed by atoms with Gasteiger partial charge in [-0.2, -0.15) is 0 Å². The van der Waals surface area contributed by atoms with Crippen LogP contribution in [0.25, 0.3) is 5.69 Å². The molecule has 1 amide bonds. The van der Waals surface area contributed by atoms with E-state index in [9.17, 15) is 4.79 Å². The number of carbonyl (C=O) groups excluding carboxylic acids is 1. The first-order valence-electron chi connectivity index (χ1n) is 8.88. The zero-order chi connectivity index (χ0) is 20.3. The van der Waals surface area contributed by atoms with Gasteiger partial charge in [-0.15, -0.1) is 0 Å². The van der Waals surface area contributed by atoms with Crippen LogP contribution in [0.4, 0.5) is 0 Å². The second-order valence-corrected chi connectivity index (χ2v) is 7.32. The molecule has 0 saturated carbocycles. The van der Waals surface area contributed by atoms with Crippen molar-refractivity contribution in [3.63, 3.8) is 0 Å². The number of hydrogen-bond acceptors (Lipinski definition) is 5. The number of hydrogen-bond donors (Lipinski definition) is 0. The average molecular weight is 397 g/mol. The van der Waals surface area contributed by atoms with Crippen LogP contribution in [0, 0.1) is 13.8 Å². The summed E-state index contributed by atoms with van der Waals surface area (Å²) in [6, 6.07) is 7.57. The summed E-state index contributed by atoms with van der Waals surface area (Å²) >= 11 is 1.56. The van der Waals surface area contributed by atoms with Crippen LogP contribution in [0.2, 0.25) is 0 Å². The van der Waals surface area contributed by atoms with Gasteiger partial charge >= 0.3 is 0 Å². The largest absolute Gasteiger partial charge is 0.496 e. The second kappa shape index (κ2) is 8.48. The lowest BCUT2D eigenvalue weighted by Crippen LogP contribution is -2.27. The number of benzene rings is 1. The summed E-state index contributed by atoms with van der Waals surface area (Å²) in [7, 11) is 3.44. The van der Waals surface area contributed by atoms with Gasteiger partial charge in [-0.25, -0.2) is 4.98 Å². The number of thioether (sulfide) groups is 1. The van der Waals surface area contributed by atoms with Crippen molar-refractivity contribution in [2.45, 2.75) is 25.5 Å². The minimum Gasteiger partial charge on any atom is -0.496 e. The van der Waals surface area contributed by atoms with Crippen molar-refractivity contribution in [1.82, 2.24) is 19.4 Å². The van der Waals surface area contributed by atoms with Gasteiger partial charge in [-0.05, 0) is 38.3 Å². The minimum atomic E-state index is -0.0617. The Morgan fingerprint density at radius 2 is 2.07 bits per heavy atom. The Hall–Kier alpha value is -2.80. The summed E-state index contributed by atoms with van der Waals surface area (Å²) in [5.74, 6) is 0.756. The molecule has 0 aliphatic heterocycles. The van der Waals surface area contributed by atoms with E-state index in [0.29, 0.717) is 12.1 Å². The van der Waals surface area contributed by atoms with E-state index < -0.39 is 0 Å². The van der Waals surface area contributed by atoms with Gasteiger partial charge in [0.05, 0.1) is 19.3 Å². The van der Waals surface area contributed by atoms with Crippen LogP contribution in [0.1, 0.15) is 27.2 Å². The summed E-state index contributed by atoms with van der Waals surface area (Å²) in [5, 5.41) is 0.879. The van der Waals surface area contributed by atoms with Crippen molar-refractivity contribution in [2.24, 2.45) is 0 Å². The summed E-state index contributed by atoms with van der Waals surface area (Å²) in [6.07, 6.45) is 7.41. The third-order valence-corrected chi connectivity index (χ3v) is 5.31. The molecule has 1 aromatic carbocycles. The molecule has 0 aliphatic rings. The molecule has 146 valence electrons. The van der Waals surface area contributed by atoms with Gasteiger partial charge in [-0.3, -0.25) is 14.3 Å². The number of methoxy groups -OCH3 is 1. The standard InChI is InChI=1S/C21H24N4O2S/c1-14-12-23-18(15(2)19(14)27-4)13-24(3)20(26)16-7-6-8-17(11-16)25-10-9-22-21(25)28-5/h6-12H,13H2,1-5H3. The lowest BCUT2D eigenvalue weighted by Gasteiger charge is -2.20. The number of imidazole rings is 1. The Labute approximate surface area is 169 Å². The molecule has 28 heavy (non-hydrogen) atoms. The molecule has 0 N–H and O–H groups in total. The molecule has 0 radical (unpaired) electrons. The van der Waals surface area contributed by atoms with Crippen molar-refractivity contribution < 1.29 is 9.53 Å². The SMILES string of the molecule is COc1c(C)cnc(CN(C)C(=O)c2cccc(-n3ccnc3SC)c2)c1C. The number of amides is 1. The first-order valence-corrected chi connectivity index (χ1v) is 10.1. The van der Waals surface area contributed by atoms with Crippen LogP contribution in [-0.2, 0) is 6.54 Å². The van der Waals surface area contributed by atoms with Crippen molar-refractivity contribution in [2.75, 3.05) is 20.4 Å². The Morgan fingerprint density at radius 1 is 1.29 bits per heavy atom. The predicted octanol–water partition coefficient (Wildman–Crippen LogP) is 3.89. The highest BCUT2D eigenvalue weighted by molar-refractivity contribution is 7.98. The van der Waals surface area contributed by atoms with Crippen LogP contribution in [0.5, 0.6) is 5.75 Å². The van der Waals surface area contributed by atoms with Crippen molar-refractivity contribution >= 4 is 17.7 Å². The van der Waals surface area contributed by atoms with E-state index in [0.717, 1.165) is 33.4 Å². The highest BCUT2D eigenvalue weighted by Crippen LogP contribution is 2.25. The summed E-state index contributed by atoms with van der Waals surface area (Å²) in [4.78, 5) is 23.5. The molecule has 0 fully saturated rings. The van der Waals surface area contributed by atoms with Crippen LogP contribution >= 0.6 is 11.8 Å². The molecule has 2 aromatic heterocycles. The molecule has 7 heteroatoms. The fourth-order valence-corrected chi connectivity index (χ4v) is 3.70. The van der Waals surface area contributed by atoms with Crippen LogP contribution in [0.3, 0.4) is 0 Å². The first-order chi connectivity index (χ1) is 13.5. The molecular formula is C21H24N4O2S. The smallest absolute Gasteiger partial charge is 0.254 e. The molecule has 3 aromatic rings. The molecular weight excluding hydrogens is 372 g/mol. The molecule has 0 spiro atoms. The Kier molecular flexibility index (Phi) is 6.04. The number of ether oxygens (including phenoxy) is 1. The van der Waals surface area contributed by atoms with E-state index in [1.165, 1.54) is 0 Å². The number of aromatic nitrogens is 3. The van der Waals surface area contributed by atoms with E-state index in [1.54, 1.807) is 43.2 Å². The maximum absolute atomic E-state index is 13.0. The maximum Gasteiger partial charge on any atom is 0.254 e. The topological polar surface area (TPSA) is 60.2 Å². The quantitative estimate of drug-likeness (QED) is 0.592. The number of carbonyl (C=O) groups is 1. The molecule has 0 unspecified atom stereocenters. The van der Waals surface area contributed by atoms with Gasteiger partial charge < -0.3 is 9.64 Å². The Balaban J connectivity index is 1.84. The fourth-order valence-electron chi connectivity index (χ4n) is 3.17. The van der Waals surface area contributed by atoms with E-state index in [4.69, 9.17) is 4.74 Å². The van der Waals surface area contributed by atoms with E-state index in [2.05, 4.69) is 9.97 Å². The van der Waals surface area contributed by atoms with E-state index in [1.807, 2.05) is 55.1 Å². The van der Waals surface area contributed by atoms with E-state index >= 15 is 0 Å². The van der Waals surface area contributed by atoms with Gasteiger partial charge in [0, 0.05) is 48.0 Å². The number of pyridine rings is 1. The third kappa shape index (κ3) is 3.89. The zero-order valence-electron chi connectivity index (χ0n) is 16.8. The number of nitrogens with zero attached hydrogens (tertiary/aromatic N) is 4. The number of aryl methyl sites for hydroxylation is 1. The minimum absolute atomic E-state index is 0.0617. The summed E-state index contributed by atoms with van der Waals surface area (Å²) < 4.78 is 7.44. The highest BCUT2D eigenvalue weighted by Gasteiger charge is 2.17. The van der Waals surface area contributed by atoms with Crippen molar-refractivity contribution in [1.29, 1.82) is 0 Å². The molecule has 2 heterocycles. The molecule has 6 nitrogen and oxygen atoms in total. The van der Waals surface area contributed by atoms with Crippen LogP contribution < -0.4 is 4.74 Å². The number of rotatable bonds is 6. The third-order valence-electron chi connectivity index (χ3n) is 4.64. The van der Waals surface area contributed by atoms with Crippen molar-refractivity contribution in [3.05, 3.63) is 65.2 Å². The first kappa shape index (κ1) is 19.9. The molecule has 0 saturated heterocycles. The highest BCUT2D eigenvalue weighted by atomic mass is 32.2. The lowest BCUT2D eigenvalue weighted by molar-refractivity contribution is 0.0783. The second-order valence-electron chi connectivity index (χ2n) is 6.54. The summed E-state index contributed by atoms with van der Waals surface area (Å²) in [5.41, 5.74) is 4.30. The molecule has 0 atom stereocenters. The lowest BCUT2D eigenvalue weighted by atomic mass is 10.1. The van der Waals surface area contributed by atoms with Crippen LogP contribution in [-0.4, -0.2) is 45.8 Å². The molecule has 0 aliphatic carbocycles. The Bertz CT molecular complexity index is 1000. The maximum atomic E-state index is 13.0. The van der Waals surface area contributed by atoms with Gasteiger partial charge in [0.25, 0.3) is 5.91 Å². The van der Waals surface area contributed by atoms with Crippen molar-refractivity contribution in [3.8, 4) is 11.4 Å². The fraction of sp³-hybridized carbons (Fsp3) is 0.286. The normalized spacial score (nSPS) is 10.8. The van der Waals surface area contributed by atoms with Crippen LogP contribution in [0.15, 0.2) is 48.0 Å². The van der Waals surface area contributed by atoms with Gasteiger partial charge in [0.2, 0.25) is 0 Å². The van der Waals surface area contributed by atoms with Gasteiger partial charge in [0.15, 0.2) is 5.16 Å². The summed E-state index contributed by atoms with van der Waals surface area (Å²) in [6.45, 7) is 4.34. The molecule has 3 rings (SSSR count).